The largest absolute Gasteiger partial charge is 0.519 e. The number of aryl methyl sites for hydroxylation is 1. The highest BCUT2D eigenvalue weighted by Gasteiger charge is 2.14. The summed E-state index contributed by atoms with van der Waals surface area (Å²) >= 11 is 0. The van der Waals surface area contributed by atoms with Gasteiger partial charge in [0.1, 0.15) is 5.76 Å². The third-order valence-electron chi connectivity index (χ3n) is 1.21. The van der Waals surface area contributed by atoms with Crippen molar-refractivity contribution in [3.8, 4) is 0 Å². The van der Waals surface area contributed by atoms with Crippen LogP contribution in [0.3, 0.4) is 0 Å². The zero-order valence-electron chi connectivity index (χ0n) is 6.70. The van der Waals surface area contributed by atoms with Gasteiger partial charge in [0, 0.05) is 0 Å². The van der Waals surface area contributed by atoms with E-state index >= 15 is 0 Å². The normalized spacial score (nSPS) is 11.7. The predicted molar refractivity (Wildman–Crippen MR) is 40.3 cm³/mol. The quantitative estimate of drug-likeness (QED) is 0.676. The summed E-state index contributed by atoms with van der Waals surface area (Å²) in [6, 6.07) is 0. The molecule has 1 unspecified atom stereocenters. The Morgan fingerprint density at radius 2 is 2.17 bits per heavy atom. The second-order valence-electron chi connectivity index (χ2n) is 2.15. The zero-order chi connectivity index (χ0) is 9.14. The van der Waals surface area contributed by atoms with Crippen LogP contribution in [-0.4, -0.2) is 6.66 Å². The van der Waals surface area contributed by atoms with E-state index in [2.05, 4.69) is 8.83 Å². The van der Waals surface area contributed by atoms with Gasteiger partial charge in [-0.05, 0) is 11.5 Å². The van der Waals surface area contributed by atoms with Crippen LogP contribution in [0.2, 0.25) is 0 Å². The average molecular weight is 191 g/mol. The summed E-state index contributed by atoms with van der Waals surface area (Å²) in [5.41, 5.74) is 0. The number of hydrogen-bond donors (Lipinski definition) is 0. The van der Waals surface area contributed by atoms with Crippen molar-refractivity contribution in [3.05, 3.63) is 22.1 Å². The van der Waals surface area contributed by atoms with Crippen LogP contribution in [-0.2, 0) is 15.7 Å². The smallest absolute Gasteiger partial charge is 0.396 e. The summed E-state index contributed by atoms with van der Waals surface area (Å²) in [5.74, 6) is -0.125. The van der Waals surface area contributed by atoms with Crippen LogP contribution < -0.4 is 5.82 Å². The van der Waals surface area contributed by atoms with Crippen LogP contribution in [0.4, 0.5) is 0 Å². The van der Waals surface area contributed by atoms with Crippen molar-refractivity contribution in [2.24, 2.45) is 0 Å². The summed E-state index contributed by atoms with van der Waals surface area (Å²) in [4.78, 5) is 10.5. The molecule has 1 rings (SSSR count). The Bertz CT molecular complexity index is 336. The summed E-state index contributed by atoms with van der Waals surface area (Å²) < 4.78 is 24.4. The highest BCUT2D eigenvalue weighted by molar-refractivity contribution is 7.38. The Morgan fingerprint density at radius 1 is 1.50 bits per heavy atom. The topological polar surface area (TPSA) is 69.7 Å². The van der Waals surface area contributed by atoms with E-state index in [1.165, 1.54) is 6.66 Å². The molecule has 0 fully saturated rings. The van der Waals surface area contributed by atoms with Gasteiger partial charge in [-0.25, -0.2) is 4.79 Å². The second-order valence-corrected chi connectivity index (χ2v) is 3.28. The molecule has 0 aliphatic rings. The van der Waals surface area contributed by atoms with E-state index in [1.54, 1.807) is 6.92 Å². The second kappa shape index (κ2) is 3.65. The van der Waals surface area contributed by atoms with Crippen molar-refractivity contribution in [2.45, 2.75) is 13.5 Å². The van der Waals surface area contributed by atoms with Crippen LogP contribution in [0, 0.1) is 6.92 Å². The lowest BCUT2D eigenvalue weighted by atomic mass is 10.4. The summed E-state index contributed by atoms with van der Waals surface area (Å²) in [6.07, 6.45) is 0. The average Bonchev–Trinajstić information content (AvgIpc) is 2.26. The Kier molecular flexibility index (Phi) is 2.78. The molecule has 0 saturated heterocycles. The Balaban J connectivity index is 2.69. The molecule has 0 N–H and O–H groups in total. The molecule has 6 heteroatoms. The molecule has 0 aliphatic carbocycles. The van der Waals surface area contributed by atoms with E-state index in [0.717, 1.165) is 0 Å². The minimum Gasteiger partial charge on any atom is -0.396 e. The lowest BCUT2D eigenvalue weighted by Crippen LogP contribution is -1.88. The van der Waals surface area contributed by atoms with Gasteiger partial charge < -0.3 is 8.83 Å². The summed E-state index contributed by atoms with van der Waals surface area (Å²) in [7, 11) is -1.68. The van der Waals surface area contributed by atoms with Crippen LogP contribution >= 0.6 is 8.03 Å². The van der Waals surface area contributed by atoms with Gasteiger partial charge in [-0.3, -0.25) is 0 Å². The Morgan fingerprint density at radius 3 is 2.58 bits per heavy atom. The molecule has 1 atom stereocenters. The third-order valence-corrected chi connectivity index (χ3v) is 1.71. The van der Waals surface area contributed by atoms with E-state index in [1.807, 2.05) is 0 Å². The van der Waals surface area contributed by atoms with Crippen molar-refractivity contribution >= 4 is 8.03 Å². The molecular weight excluding hydrogens is 183 g/mol. The molecule has 0 aliphatic heterocycles. The molecule has 1 aromatic rings. The minimum absolute atomic E-state index is 0.00325. The SMILES string of the molecule is Cc1oc(=O)oc1CO[P+](C)=O. The van der Waals surface area contributed by atoms with Crippen molar-refractivity contribution < 1.29 is 17.9 Å². The molecule has 0 aromatic carbocycles. The van der Waals surface area contributed by atoms with E-state index in [4.69, 9.17) is 4.52 Å². The van der Waals surface area contributed by atoms with Crippen molar-refractivity contribution in [2.75, 3.05) is 6.66 Å². The summed E-state index contributed by atoms with van der Waals surface area (Å²) in [6.45, 7) is 3.00. The molecule has 0 radical (unpaired) electrons. The van der Waals surface area contributed by atoms with Crippen LogP contribution in [0.5, 0.6) is 0 Å². The molecule has 0 spiro atoms. The molecule has 5 nitrogen and oxygen atoms in total. The molecule has 12 heavy (non-hydrogen) atoms. The van der Waals surface area contributed by atoms with Crippen molar-refractivity contribution in [1.82, 2.24) is 0 Å². The molecule has 66 valence electrons. The number of hydrogen-bond acceptors (Lipinski definition) is 5. The Hall–Kier alpha value is -0.930. The van der Waals surface area contributed by atoms with Crippen LogP contribution in [0.15, 0.2) is 13.6 Å². The molecular formula is C6H8O5P+. The maximum Gasteiger partial charge on any atom is 0.519 e. The van der Waals surface area contributed by atoms with Crippen molar-refractivity contribution in [3.63, 3.8) is 0 Å². The Labute approximate surface area is 69.2 Å². The molecule has 1 aromatic heterocycles. The zero-order valence-corrected chi connectivity index (χ0v) is 7.59. The van der Waals surface area contributed by atoms with Gasteiger partial charge in [0.05, 0.1) is 0 Å². The fourth-order valence-corrected chi connectivity index (χ4v) is 0.955. The van der Waals surface area contributed by atoms with Crippen LogP contribution in [0.25, 0.3) is 0 Å². The molecule has 0 amide bonds. The highest BCUT2D eigenvalue weighted by atomic mass is 31.1. The van der Waals surface area contributed by atoms with E-state index < -0.39 is 13.9 Å². The van der Waals surface area contributed by atoms with Gasteiger partial charge >= 0.3 is 13.9 Å². The molecule has 0 bridgehead atoms. The standard InChI is InChI=1S/C6H8O5P/c1-4-5(3-9-12(2)8)11-6(7)10-4/h3H2,1-2H3/q+1. The van der Waals surface area contributed by atoms with Gasteiger partial charge in [0.2, 0.25) is 0 Å². The lowest BCUT2D eigenvalue weighted by Gasteiger charge is -1.85. The monoisotopic (exact) mass is 191 g/mol. The van der Waals surface area contributed by atoms with Gasteiger partial charge in [0.25, 0.3) is 0 Å². The lowest BCUT2D eigenvalue weighted by molar-refractivity contribution is 0.275. The third kappa shape index (κ3) is 2.29. The fourth-order valence-electron chi connectivity index (χ4n) is 0.656. The van der Waals surface area contributed by atoms with Gasteiger partial charge in [0.15, 0.2) is 19.0 Å². The van der Waals surface area contributed by atoms with Gasteiger partial charge in [-0.15, -0.1) is 4.52 Å². The first-order valence-corrected chi connectivity index (χ1v) is 4.85. The first-order valence-electron chi connectivity index (χ1n) is 3.23. The van der Waals surface area contributed by atoms with E-state index in [0.29, 0.717) is 5.76 Å². The van der Waals surface area contributed by atoms with Gasteiger partial charge in [-0.2, -0.15) is 0 Å². The van der Waals surface area contributed by atoms with Crippen molar-refractivity contribution in [1.29, 1.82) is 0 Å². The maximum atomic E-state index is 10.5. The first kappa shape index (κ1) is 9.16. The van der Waals surface area contributed by atoms with Crippen LogP contribution in [0.1, 0.15) is 11.5 Å². The summed E-state index contributed by atoms with van der Waals surface area (Å²) in [5, 5.41) is 0. The fraction of sp³-hybridized carbons (Fsp3) is 0.500. The number of rotatable bonds is 3. The van der Waals surface area contributed by atoms with E-state index in [-0.39, 0.29) is 12.4 Å². The molecule has 0 saturated carbocycles. The highest BCUT2D eigenvalue weighted by Crippen LogP contribution is 2.19. The predicted octanol–water partition coefficient (Wildman–Crippen LogP) is 1.43. The van der Waals surface area contributed by atoms with Gasteiger partial charge in [-0.1, -0.05) is 0 Å². The minimum atomic E-state index is -1.68. The van der Waals surface area contributed by atoms with E-state index in [9.17, 15) is 9.36 Å². The maximum absolute atomic E-state index is 10.5. The first-order chi connectivity index (χ1) is 5.59. The molecule has 1 heterocycles.